The fourth-order valence-corrected chi connectivity index (χ4v) is 2.20. The van der Waals surface area contributed by atoms with Gasteiger partial charge in [-0.15, -0.1) is 0 Å². The van der Waals surface area contributed by atoms with E-state index in [1.165, 1.54) is 18.2 Å². The molecule has 1 aromatic carbocycles. The molecule has 24 heavy (non-hydrogen) atoms. The van der Waals surface area contributed by atoms with Gasteiger partial charge in [0.2, 0.25) is 5.91 Å². The normalized spacial score (nSPS) is 11.8. The molecule has 2 N–H and O–H groups in total. The van der Waals surface area contributed by atoms with Crippen LogP contribution in [0.2, 0.25) is 0 Å². The molecule has 0 spiro atoms. The van der Waals surface area contributed by atoms with Gasteiger partial charge in [-0.2, -0.15) is 0 Å². The Morgan fingerprint density at radius 1 is 1.17 bits per heavy atom. The van der Waals surface area contributed by atoms with Crippen molar-refractivity contribution in [1.82, 2.24) is 15.6 Å². The lowest BCUT2D eigenvalue weighted by molar-refractivity contribution is -0.124. The van der Waals surface area contributed by atoms with Crippen molar-refractivity contribution >= 4 is 11.8 Å². The number of carbonyl (C=O) groups is 2. The summed E-state index contributed by atoms with van der Waals surface area (Å²) in [6.45, 7) is 3.94. The van der Waals surface area contributed by atoms with Crippen molar-refractivity contribution in [3.63, 3.8) is 0 Å². The van der Waals surface area contributed by atoms with Gasteiger partial charge < -0.3 is 10.6 Å². The molecule has 0 radical (unpaired) electrons. The summed E-state index contributed by atoms with van der Waals surface area (Å²) in [7, 11) is 0. The molecular weight excluding hydrogens is 309 g/mol. The van der Waals surface area contributed by atoms with E-state index < -0.39 is 17.8 Å². The lowest BCUT2D eigenvalue weighted by atomic mass is 10.0. The van der Waals surface area contributed by atoms with E-state index in [0.717, 1.165) is 5.56 Å². The van der Waals surface area contributed by atoms with Gasteiger partial charge in [0, 0.05) is 18.9 Å². The summed E-state index contributed by atoms with van der Waals surface area (Å²) in [6.07, 6.45) is 3.31. The Bertz CT molecular complexity index is 704. The number of hydrogen-bond acceptors (Lipinski definition) is 3. The Hall–Kier alpha value is -2.76. The van der Waals surface area contributed by atoms with Crippen LogP contribution in [-0.4, -0.2) is 22.8 Å². The van der Waals surface area contributed by atoms with Crippen LogP contribution in [0.3, 0.4) is 0 Å². The lowest BCUT2D eigenvalue weighted by Gasteiger charge is -2.22. The second-order valence-corrected chi connectivity index (χ2v) is 5.75. The van der Waals surface area contributed by atoms with E-state index >= 15 is 0 Å². The molecule has 0 aliphatic carbocycles. The predicted octanol–water partition coefficient (Wildman–Crippen LogP) is 2.29. The number of benzene rings is 1. The second-order valence-electron chi connectivity index (χ2n) is 5.75. The summed E-state index contributed by atoms with van der Waals surface area (Å²) >= 11 is 0. The van der Waals surface area contributed by atoms with Gasteiger partial charge in [-0.1, -0.05) is 32.0 Å². The fourth-order valence-electron chi connectivity index (χ4n) is 2.20. The van der Waals surface area contributed by atoms with Crippen molar-refractivity contribution in [3.05, 3.63) is 65.7 Å². The third-order valence-corrected chi connectivity index (χ3v) is 3.54. The number of rotatable bonds is 6. The Morgan fingerprint density at radius 3 is 2.54 bits per heavy atom. The van der Waals surface area contributed by atoms with Gasteiger partial charge in [0.15, 0.2) is 0 Å². The molecule has 6 heteroatoms. The number of amides is 2. The highest BCUT2D eigenvalue weighted by Gasteiger charge is 2.25. The Morgan fingerprint density at radius 2 is 1.92 bits per heavy atom. The molecule has 5 nitrogen and oxygen atoms in total. The summed E-state index contributed by atoms with van der Waals surface area (Å²) in [5.41, 5.74) is 0.775. The minimum atomic E-state index is -0.756. The van der Waals surface area contributed by atoms with Gasteiger partial charge in [-0.05, 0) is 29.7 Å². The molecule has 0 aliphatic heterocycles. The van der Waals surface area contributed by atoms with E-state index in [1.54, 1.807) is 24.5 Å². The van der Waals surface area contributed by atoms with Crippen LogP contribution in [0.5, 0.6) is 0 Å². The minimum absolute atomic E-state index is 0.0804. The molecule has 0 aliphatic rings. The number of carbonyl (C=O) groups excluding carboxylic acids is 2. The number of halogens is 1. The zero-order valence-electron chi connectivity index (χ0n) is 13.6. The van der Waals surface area contributed by atoms with Crippen molar-refractivity contribution in [2.45, 2.75) is 26.4 Å². The quantitative estimate of drug-likeness (QED) is 0.854. The van der Waals surface area contributed by atoms with Crippen molar-refractivity contribution in [3.8, 4) is 0 Å². The Kier molecular flexibility index (Phi) is 6.01. The Labute approximate surface area is 140 Å². The Balaban J connectivity index is 2.02. The first kappa shape index (κ1) is 17.6. The SMILES string of the molecule is CC(C)[C@H](NC(=O)c1ccccc1F)C(=O)NCc1cccnc1. The van der Waals surface area contributed by atoms with Crippen molar-refractivity contribution in [2.24, 2.45) is 5.92 Å². The molecule has 2 amide bonds. The molecule has 0 saturated heterocycles. The lowest BCUT2D eigenvalue weighted by Crippen LogP contribution is -2.49. The van der Waals surface area contributed by atoms with Gasteiger partial charge >= 0.3 is 0 Å². The van der Waals surface area contributed by atoms with Crippen molar-refractivity contribution in [1.29, 1.82) is 0 Å². The molecular formula is C18H20FN3O2. The molecule has 0 saturated carbocycles. The summed E-state index contributed by atoms with van der Waals surface area (Å²) in [4.78, 5) is 28.6. The largest absolute Gasteiger partial charge is 0.350 e. The summed E-state index contributed by atoms with van der Waals surface area (Å²) in [5, 5.41) is 5.37. The van der Waals surface area contributed by atoms with E-state index in [0.29, 0.717) is 6.54 Å². The van der Waals surface area contributed by atoms with Crippen LogP contribution in [0, 0.1) is 11.7 Å². The van der Waals surface area contributed by atoms with Crippen molar-refractivity contribution in [2.75, 3.05) is 0 Å². The van der Waals surface area contributed by atoms with E-state index in [2.05, 4.69) is 15.6 Å². The topological polar surface area (TPSA) is 71.1 Å². The maximum atomic E-state index is 13.7. The number of hydrogen-bond donors (Lipinski definition) is 2. The molecule has 2 aromatic rings. The maximum Gasteiger partial charge on any atom is 0.254 e. The smallest absolute Gasteiger partial charge is 0.254 e. The highest BCUT2D eigenvalue weighted by Crippen LogP contribution is 2.09. The van der Waals surface area contributed by atoms with E-state index in [4.69, 9.17) is 0 Å². The first-order valence-corrected chi connectivity index (χ1v) is 7.71. The second kappa shape index (κ2) is 8.19. The van der Waals surface area contributed by atoms with Gasteiger partial charge in [-0.25, -0.2) is 4.39 Å². The zero-order valence-corrected chi connectivity index (χ0v) is 13.6. The number of aromatic nitrogens is 1. The number of pyridine rings is 1. The average molecular weight is 329 g/mol. The van der Waals surface area contributed by atoms with Crippen LogP contribution in [0.1, 0.15) is 29.8 Å². The van der Waals surface area contributed by atoms with Crippen LogP contribution in [-0.2, 0) is 11.3 Å². The summed E-state index contributed by atoms with van der Waals surface area (Å²) in [6, 6.07) is 8.54. The molecule has 1 atom stereocenters. The van der Waals surface area contributed by atoms with Gasteiger partial charge in [0.25, 0.3) is 5.91 Å². The van der Waals surface area contributed by atoms with Crippen LogP contribution in [0.15, 0.2) is 48.8 Å². The maximum absolute atomic E-state index is 13.7. The van der Waals surface area contributed by atoms with Crippen LogP contribution >= 0.6 is 0 Å². The zero-order chi connectivity index (χ0) is 17.5. The first-order valence-electron chi connectivity index (χ1n) is 7.71. The van der Waals surface area contributed by atoms with Crippen LogP contribution in [0.4, 0.5) is 4.39 Å². The monoisotopic (exact) mass is 329 g/mol. The molecule has 2 rings (SSSR count). The first-order chi connectivity index (χ1) is 11.5. The molecule has 126 valence electrons. The van der Waals surface area contributed by atoms with Gasteiger partial charge in [-0.3, -0.25) is 14.6 Å². The fraction of sp³-hybridized carbons (Fsp3) is 0.278. The minimum Gasteiger partial charge on any atom is -0.350 e. The van der Waals surface area contributed by atoms with Crippen LogP contribution < -0.4 is 10.6 Å². The van der Waals surface area contributed by atoms with Crippen LogP contribution in [0.25, 0.3) is 0 Å². The molecule has 0 unspecified atom stereocenters. The third kappa shape index (κ3) is 4.62. The molecule has 1 heterocycles. The standard InChI is InChI=1S/C18H20FN3O2/c1-12(2)16(18(24)21-11-13-6-5-9-20-10-13)22-17(23)14-7-3-4-8-15(14)19/h3-10,12,16H,11H2,1-2H3,(H,21,24)(H,22,23)/t16-/m0/s1. The average Bonchev–Trinajstić information content (AvgIpc) is 2.58. The predicted molar refractivity (Wildman–Crippen MR) is 88.6 cm³/mol. The highest BCUT2D eigenvalue weighted by atomic mass is 19.1. The molecule has 0 fully saturated rings. The summed E-state index contributed by atoms with van der Waals surface area (Å²) in [5.74, 6) is -1.69. The third-order valence-electron chi connectivity index (χ3n) is 3.54. The van der Waals surface area contributed by atoms with Crippen molar-refractivity contribution < 1.29 is 14.0 Å². The van der Waals surface area contributed by atoms with Gasteiger partial charge in [0.1, 0.15) is 11.9 Å². The number of nitrogens with zero attached hydrogens (tertiary/aromatic N) is 1. The highest BCUT2D eigenvalue weighted by molar-refractivity contribution is 5.97. The molecule has 1 aromatic heterocycles. The summed E-state index contributed by atoms with van der Waals surface area (Å²) < 4.78 is 13.7. The van der Waals surface area contributed by atoms with E-state index in [9.17, 15) is 14.0 Å². The van der Waals surface area contributed by atoms with E-state index in [1.807, 2.05) is 19.9 Å². The number of nitrogens with one attached hydrogen (secondary N) is 2. The van der Waals surface area contributed by atoms with E-state index in [-0.39, 0.29) is 17.4 Å². The van der Waals surface area contributed by atoms with Gasteiger partial charge in [0.05, 0.1) is 5.56 Å². The molecule has 0 bridgehead atoms.